The van der Waals surface area contributed by atoms with Gasteiger partial charge in [-0.1, -0.05) is 19.4 Å². The quantitative estimate of drug-likeness (QED) is 0.757. The molecule has 0 aromatic rings. The van der Waals surface area contributed by atoms with E-state index < -0.39 is 6.10 Å². The van der Waals surface area contributed by atoms with Gasteiger partial charge in [-0.2, -0.15) is 0 Å². The normalized spacial score (nSPS) is 44.6. The summed E-state index contributed by atoms with van der Waals surface area (Å²) in [5.41, 5.74) is 1.75. The number of hydrogen-bond acceptors (Lipinski definition) is 4. The largest absolute Gasteiger partial charge is 0.463 e. The smallest absolute Gasteiger partial charge is 0.302 e. The van der Waals surface area contributed by atoms with E-state index in [4.69, 9.17) is 4.74 Å². The van der Waals surface area contributed by atoms with Crippen molar-refractivity contribution in [1.29, 1.82) is 0 Å². The molecule has 4 heteroatoms. The molecule has 4 rings (SSSR count). The Hall–Kier alpha value is -1.16. The van der Waals surface area contributed by atoms with Crippen LogP contribution < -0.4 is 0 Å². The minimum Gasteiger partial charge on any atom is -0.463 e. The average molecular weight is 375 g/mol. The Bertz CT molecular complexity index is 667. The molecule has 0 aromatic heterocycles. The number of ketones is 1. The topological polar surface area (TPSA) is 63.6 Å². The molecule has 0 radical (unpaired) electrons. The summed E-state index contributed by atoms with van der Waals surface area (Å²) in [5.74, 6) is 2.24. The number of aliphatic hydroxyl groups is 1. The number of esters is 1. The zero-order valence-corrected chi connectivity index (χ0v) is 17.0. The first-order chi connectivity index (χ1) is 12.8. The molecule has 3 fully saturated rings. The monoisotopic (exact) mass is 374 g/mol. The number of allylic oxidation sites excluding steroid dienone is 1. The Morgan fingerprint density at radius 3 is 2.70 bits per heavy atom. The molecule has 3 saturated carbocycles. The summed E-state index contributed by atoms with van der Waals surface area (Å²) in [6.45, 7) is 6.32. The van der Waals surface area contributed by atoms with Gasteiger partial charge in [0.15, 0.2) is 5.78 Å². The standard InChI is InChI=1S/C23H34O4/c1-14(24)27-13-21(26)20-7-6-18-17-5-4-15-12-16(25)8-10-22(15,2)19(17)9-11-23(18,20)3/h12,17-21,26H,4-11,13H2,1-3H3/t17-,18-,19-,20+,21+,22-,23-/m0/s1. The fourth-order valence-corrected chi connectivity index (χ4v) is 7.55. The lowest BCUT2D eigenvalue weighted by Gasteiger charge is -2.58. The van der Waals surface area contributed by atoms with Gasteiger partial charge < -0.3 is 9.84 Å². The second-order valence-corrected chi connectivity index (χ2v) is 10.1. The Morgan fingerprint density at radius 2 is 1.96 bits per heavy atom. The van der Waals surface area contributed by atoms with Crippen LogP contribution in [0.1, 0.15) is 72.1 Å². The van der Waals surface area contributed by atoms with E-state index in [9.17, 15) is 14.7 Å². The maximum Gasteiger partial charge on any atom is 0.302 e. The minimum absolute atomic E-state index is 0.128. The van der Waals surface area contributed by atoms with Crippen molar-refractivity contribution >= 4 is 11.8 Å². The highest BCUT2D eigenvalue weighted by Crippen LogP contribution is 2.66. The van der Waals surface area contributed by atoms with Gasteiger partial charge in [-0.25, -0.2) is 0 Å². The van der Waals surface area contributed by atoms with E-state index in [0.717, 1.165) is 25.7 Å². The first kappa shape index (κ1) is 19.2. The van der Waals surface area contributed by atoms with Gasteiger partial charge in [-0.3, -0.25) is 9.59 Å². The van der Waals surface area contributed by atoms with Crippen LogP contribution in [-0.4, -0.2) is 29.6 Å². The summed E-state index contributed by atoms with van der Waals surface area (Å²) in [6.07, 6.45) is 9.92. The van der Waals surface area contributed by atoms with Crippen LogP contribution in [-0.2, 0) is 14.3 Å². The number of rotatable bonds is 3. The van der Waals surface area contributed by atoms with Gasteiger partial charge in [-0.15, -0.1) is 0 Å². The number of aliphatic hydroxyl groups excluding tert-OH is 1. The Balaban J connectivity index is 1.55. The molecule has 1 N–H and O–H groups in total. The number of hydrogen-bond donors (Lipinski definition) is 1. The van der Waals surface area contributed by atoms with Gasteiger partial charge in [0.25, 0.3) is 0 Å². The molecule has 4 aliphatic rings. The number of fused-ring (bicyclic) bond motifs is 5. The van der Waals surface area contributed by atoms with Crippen molar-refractivity contribution in [3.8, 4) is 0 Å². The highest BCUT2D eigenvalue weighted by atomic mass is 16.5. The summed E-state index contributed by atoms with van der Waals surface area (Å²) in [6, 6.07) is 0. The van der Waals surface area contributed by atoms with Crippen LogP contribution in [0.5, 0.6) is 0 Å². The lowest BCUT2D eigenvalue weighted by molar-refractivity contribution is -0.147. The molecule has 0 heterocycles. The zero-order chi connectivity index (χ0) is 19.4. The van der Waals surface area contributed by atoms with E-state index in [2.05, 4.69) is 13.8 Å². The molecule has 0 spiro atoms. The van der Waals surface area contributed by atoms with Crippen LogP contribution >= 0.6 is 0 Å². The third-order valence-electron chi connectivity index (χ3n) is 8.96. The predicted octanol–water partition coefficient (Wildman–Crippen LogP) is 4.06. The van der Waals surface area contributed by atoms with Crippen LogP contribution in [0, 0.1) is 34.5 Å². The summed E-state index contributed by atoms with van der Waals surface area (Å²) < 4.78 is 5.12. The van der Waals surface area contributed by atoms with Crippen molar-refractivity contribution in [3.63, 3.8) is 0 Å². The number of ether oxygens (including phenoxy) is 1. The van der Waals surface area contributed by atoms with E-state index in [1.165, 1.54) is 31.8 Å². The molecule has 7 atom stereocenters. The lowest BCUT2D eigenvalue weighted by atomic mass is 9.46. The van der Waals surface area contributed by atoms with E-state index in [0.29, 0.717) is 30.0 Å². The highest BCUT2D eigenvalue weighted by molar-refractivity contribution is 5.91. The molecule has 0 aromatic carbocycles. The summed E-state index contributed by atoms with van der Waals surface area (Å²) in [4.78, 5) is 23.1. The predicted molar refractivity (Wildman–Crippen MR) is 103 cm³/mol. The fourth-order valence-electron chi connectivity index (χ4n) is 7.55. The molecule has 0 saturated heterocycles. The van der Waals surface area contributed by atoms with Crippen molar-refractivity contribution in [1.82, 2.24) is 0 Å². The van der Waals surface area contributed by atoms with Gasteiger partial charge >= 0.3 is 5.97 Å². The van der Waals surface area contributed by atoms with Crippen molar-refractivity contribution in [2.75, 3.05) is 6.61 Å². The summed E-state index contributed by atoms with van der Waals surface area (Å²) in [5, 5.41) is 10.7. The van der Waals surface area contributed by atoms with Gasteiger partial charge in [0.05, 0.1) is 6.10 Å². The first-order valence-corrected chi connectivity index (χ1v) is 10.8. The Morgan fingerprint density at radius 1 is 1.19 bits per heavy atom. The molecule has 0 aliphatic heterocycles. The van der Waals surface area contributed by atoms with E-state index in [1.807, 2.05) is 6.08 Å². The highest BCUT2D eigenvalue weighted by Gasteiger charge is 2.59. The zero-order valence-electron chi connectivity index (χ0n) is 17.0. The van der Waals surface area contributed by atoms with Gasteiger partial charge in [0.2, 0.25) is 0 Å². The molecule has 0 bridgehead atoms. The lowest BCUT2D eigenvalue weighted by Crippen LogP contribution is -2.51. The molecular weight excluding hydrogens is 340 g/mol. The molecular formula is C23H34O4. The third kappa shape index (κ3) is 2.99. The second kappa shape index (κ2) is 6.72. The van der Waals surface area contributed by atoms with Crippen LogP contribution in [0.25, 0.3) is 0 Å². The fraction of sp³-hybridized carbons (Fsp3) is 0.826. The third-order valence-corrected chi connectivity index (χ3v) is 8.96. The average Bonchev–Trinajstić information content (AvgIpc) is 2.97. The van der Waals surface area contributed by atoms with Gasteiger partial charge in [0.1, 0.15) is 6.61 Å². The molecule has 0 amide bonds. The number of carbonyl (C=O) groups excluding carboxylic acids is 2. The van der Waals surface area contributed by atoms with Crippen molar-refractivity contribution in [3.05, 3.63) is 11.6 Å². The molecule has 4 aliphatic carbocycles. The first-order valence-electron chi connectivity index (χ1n) is 10.8. The van der Waals surface area contributed by atoms with Crippen LogP contribution in [0.15, 0.2) is 11.6 Å². The van der Waals surface area contributed by atoms with Crippen LogP contribution in [0.4, 0.5) is 0 Å². The van der Waals surface area contributed by atoms with E-state index >= 15 is 0 Å². The number of carbonyl (C=O) groups is 2. The SMILES string of the molecule is CC(=O)OC[C@@H](O)[C@H]1CC[C@H]2[C@@H]3CCC4=CC(=O)CC[C@]4(C)[C@H]3CC[C@]12C. The summed E-state index contributed by atoms with van der Waals surface area (Å²) >= 11 is 0. The molecule has 150 valence electrons. The van der Waals surface area contributed by atoms with Gasteiger partial charge in [0, 0.05) is 13.3 Å². The summed E-state index contributed by atoms with van der Waals surface area (Å²) in [7, 11) is 0. The maximum absolute atomic E-state index is 11.9. The van der Waals surface area contributed by atoms with E-state index in [1.54, 1.807) is 0 Å². The van der Waals surface area contributed by atoms with Crippen molar-refractivity contribution in [2.24, 2.45) is 34.5 Å². The minimum atomic E-state index is -0.553. The second-order valence-electron chi connectivity index (χ2n) is 10.1. The van der Waals surface area contributed by atoms with Gasteiger partial charge in [-0.05, 0) is 85.5 Å². The Labute approximate surface area is 162 Å². The van der Waals surface area contributed by atoms with Crippen LogP contribution in [0.2, 0.25) is 0 Å². The molecule has 27 heavy (non-hydrogen) atoms. The Kier molecular flexibility index (Phi) is 4.77. The van der Waals surface area contributed by atoms with Crippen molar-refractivity contribution in [2.45, 2.75) is 78.2 Å². The maximum atomic E-state index is 11.9. The molecule has 0 unspecified atom stereocenters. The van der Waals surface area contributed by atoms with E-state index in [-0.39, 0.29) is 29.3 Å². The van der Waals surface area contributed by atoms with Crippen molar-refractivity contribution < 1.29 is 19.4 Å². The molecule has 4 nitrogen and oxygen atoms in total. The van der Waals surface area contributed by atoms with Crippen LogP contribution in [0.3, 0.4) is 0 Å².